The number of H-pyrrole nitrogens is 1. The second-order valence-electron chi connectivity index (χ2n) is 4.37. The Kier molecular flexibility index (Phi) is 3.28. The van der Waals surface area contributed by atoms with Crippen molar-refractivity contribution in [2.75, 3.05) is 5.32 Å². The lowest BCUT2D eigenvalue weighted by atomic mass is 10.3. The van der Waals surface area contributed by atoms with E-state index < -0.39 is 0 Å². The Morgan fingerprint density at radius 2 is 2.26 bits per heavy atom. The number of aromatic nitrogens is 3. The number of amides is 1. The molecule has 3 rings (SSSR count). The van der Waals surface area contributed by atoms with Gasteiger partial charge in [-0.25, -0.2) is 4.98 Å². The third-order valence-electron chi connectivity index (χ3n) is 2.87. The molecule has 1 fully saturated rings. The molecule has 5 nitrogen and oxygen atoms in total. The van der Waals surface area contributed by atoms with Crippen molar-refractivity contribution in [3.05, 3.63) is 39.3 Å². The van der Waals surface area contributed by atoms with Crippen LogP contribution in [-0.2, 0) is 0 Å². The van der Waals surface area contributed by atoms with Gasteiger partial charge in [-0.3, -0.25) is 9.89 Å². The molecular weight excluding hydrogens is 332 g/mol. The van der Waals surface area contributed by atoms with E-state index in [1.807, 2.05) is 0 Å². The van der Waals surface area contributed by atoms with E-state index in [0.717, 1.165) is 18.7 Å². The fourth-order valence-corrected chi connectivity index (χ4v) is 2.23. The number of nitrogens with zero attached hydrogens (tertiary/aromatic N) is 2. The second kappa shape index (κ2) is 4.94. The fourth-order valence-electron chi connectivity index (χ4n) is 1.69. The SMILES string of the molecule is O=C(Nc1cccc(Cl)c1Br)c1n[nH]c(C2CC2)n1. The standard InChI is InChI=1S/C12H10BrClN4O/c13-9-7(14)2-1-3-8(9)15-12(19)11-16-10(17-18-11)6-4-5-6/h1-3,6H,4-5H2,(H,15,19)(H,16,17,18). The van der Waals surface area contributed by atoms with E-state index in [9.17, 15) is 4.79 Å². The summed E-state index contributed by atoms with van der Waals surface area (Å²) in [7, 11) is 0. The van der Waals surface area contributed by atoms with Gasteiger partial charge in [-0.1, -0.05) is 17.7 Å². The highest BCUT2D eigenvalue weighted by Gasteiger charge is 2.28. The summed E-state index contributed by atoms with van der Waals surface area (Å²) < 4.78 is 0.642. The van der Waals surface area contributed by atoms with Gasteiger partial charge in [0.1, 0.15) is 5.82 Å². The average Bonchev–Trinajstić information content (AvgIpc) is 3.12. The highest BCUT2D eigenvalue weighted by Crippen LogP contribution is 2.37. The molecule has 0 unspecified atom stereocenters. The van der Waals surface area contributed by atoms with Crippen molar-refractivity contribution in [3.63, 3.8) is 0 Å². The minimum Gasteiger partial charge on any atom is -0.318 e. The van der Waals surface area contributed by atoms with Crippen LogP contribution in [0.1, 0.15) is 35.2 Å². The van der Waals surface area contributed by atoms with Gasteiger partial charge in [0, 0.05) is 5.92 Å². The Balaban J connectivity index is 1.78. The quantitative estimate of drug-likeness (QED) is 0.899. The summed E-state index contributed by atoms with van der Waals surface area (Å²) in [6, 6.07) is 5.25. The molecule has 1 amide bonds. The second-order valence-corrected chi connectivity index (χ2v) is 5.57. The van der Waals surface area contributed by atoms with E-state index in [2.05, 4.69) is 36.4 Å². The van der Waals surface area contributed by atoms with Gasteiger partial charge in [0.05, 0.1) is 15.2 Å². The first-order valence-corrected chi connectivity index (χ1v) is 7.00. The molecule has 1 heterocycles. The van der Waals surface area contributed by atoms with Gasteiger partial charge in [-0.05, 0) is 40.9 Å². The molecule has 1 aromatic carbocycles. The Morgan fingerprint density at radius 1 is 1.47 bits per heavy atom. The number of hydrogen-bond acceptors (Lipinski definition) is 3. The van der Waals surface area contributed by atoms with E-state index in [4.69, 9.17) is 11.6 Å². The van der Waals surface area contributed by atoms with Crippen LogP contribution < -0.4 is 5.32 Å². The molecule has 0 aliphatic heterocycles. The third-order valence-corrected chi connectivity index (χ3v) is 4.27. The summed E-state index contributed by atoms with van der Waals surface area (Å²) in [5.41, 5.74) is 0.593. The summed E-state index contributed by atoms with van der Waals surface area (Å²) >= 11 is 9.29. The van der Waals surface area contributed by atoms with Crippen molar-refractivity contribution in [1.82, 2.24) is 15.2 Å². The largest absolute Gasteiger partial charge is 0.318 e. The van der Waals surface area contributed by atoms with Crippen molar-refractivity contribution < 1.29 is 4.79 Å². The van der Waals surface area contributed by atoms with Crippen LogP contribution in [0.5, 0.6) is 0 Å². The number of rotatable bonds is 3. The molecule has 0 bridgehead atoms. The summed E-state index contributed by atoms with van der Waals surface area (Å²) in [4.78, 5) is 16.2. The van der Waals surface area contributed by atoms with Gasteiger partial charge >= 0.3 is 0 Å². The number of benzene rings is 1. The van der Waals surface area contributed by atoms with Crippen LogP contribution >= 0.6 is 27.5 Å². The van der Waals surface area contributed by atoms with E-state index in [1.165, 1.54) is 0 Å². The number of hydrogen-bond donors (Lipinski definition) is 2. The zero-order chi connectivity index (χ0) is 13.4. The highest BCUT2D eigenvalue weighted by molar-refractivity contribution is 9.10. The van der Waals surface area contributed by atoms with E-state index >= 15 is 0 Å². The van der Waals surface area contributed by atoms with Crippen molar-refractivity contribution in [3.8, 4) is 0 Å². The Morgan fingerprint density at radius 3 is 3.00 bits per heavy atom. The van der Waals surface area contributed by atoms with Crippen LogP contribution in [0.2, 0.25) is 5.02 Å². The first kappa shape index (κ1) is 12.6. The van der Waals surface area contributed by atoms with E-state index in [-0.39, 0.29) is 11.7 Å². The summed E-state index contributed by atoms with van der Waals surface area (Å²) in [6.45, 7) is 0. The first-order chi connectivity index (χ1) is 9.15. The van der Waals surface area contributed by atoms with Crippen LogP contribution in [-0.4, -0.2) is 21.1 Å². The van der Waals surface area contributed by atoms with Crippen molar-refractivity contribution >= 4 is 39.1 Å². The zero-order valence-corrected chi connectivity index (χ0v) is 12.1. The minimum absolute atomic E-state index is 0.147. The molecular formula is C12H10BrClN4O. The van der Waals surface area contributed by atoms with Crippen LogP contribution in [0.15, 0.2) is 22.7 Å². The van der Waals surface area contributed by atoms with Crippen molar-refractivity contribution in [1.29, 1.82) is 0 Å². The number of aromatic amines is 1. The van der Waals surface area contributed by atoms with Crippen LogP contribution in [0.25, 0.3) is 0 Å². The van der Waals surface area contributed by atoms with Gasteiger partial charge in [0.15, 0.2) is 0 Å². The highest BCUT2D eigenvalue weighted by atomic mass is 79.9. The Labute approximate surface area is 122 Å². The average molecular weight is 342 g/mol. The van der Waals surface area contributed by atoms with Gasteiger partial charge < -0.3 is 5.32 Å². The third kappa shape index (κ3) is 2.64. The summed E-state index contributed by atoms with van der Waals surface area (Å²) in [5.74, 6) is 1.02. The lowest BCUT2D eigenvalue weighted by Gasteiger charge is -2.06. The smallest absolute Gasteiger partial charge is 0.295 e. The molecule has 0 atom stereocenters. The van der Waals surface area contributed by atoms with Gasteiger partial charge in [0.25, 0.3) is 5.91 Å². The number of carbonyl (C=O) groups is 1. The number of carbonyl (C=O) groups excluding carboxylic acids is 1. The van der Waals surface area contributed by atoms with Crippen molar-refractivity contribution in [2.24, 2.45) is 0 Å². The first-order valence-electron chi connectivity index (χ1n) is 5.83. The zero-order valence-electron chi connectivity index (χ0n) is 9.78. The predicted octanol–water partition coefficient (Wildman–Crippen LogP) is 3.35. The van der Waals surface area contributed by atoms with E-state index in [0.29, 0.717) is 21.1 Å². The molecule has 1 aliphatic rings. The molecule has 2 aromatic rings. The van der Waals surface area contributed by atoms with Crippen LogP contribution in [0.3, 0.4) is 0 Å². The monoisotopic (exact) mass is 340 g/mol. The normalized spacial score (nSPS) is 14.4. The number of halogens is 2. The van der Waals surface area contributed by atoms with Gasteiger partial charge in [0.2, 0.25) is 5.82 Å². The summed E-state index contributed by atoms with van der Waals surface area (Å²) in [6.07, 6.45) is 2.21. The minimum atomic E-state index is -0.355. The molecule has 1 saturated carbocycles. The van der Waals surface area contributed by atoms with Crippen LogP contribution in [0, 0.1) is 0 Å². The number of nitrogens with one attached hydrogen (secondary N) is 2. The molecule has 98 valence electrons. The van der Waals surface area contributed by atoms with E-state index in [1.54, 1.807) is 18.2 Å². The molecule has 7 heteroatoms. The Hall–Kier alpha value is -1.40. The van der Waals surface area contributed by atoms with Crippen molar-refractivity contribution in [2.45, 2.75) is 18.8 Å². The summed E-state index contributed by atoms with van der Waals surface area (Å²) in [5, 5.41) is 9.99. The van der Waals surface area contributed by atoms with Gasteiger partial charge in [-0.2, -0.15) is 0 Å². The Bertz CT molecular complexity index is 638. The lowest BCUT2D eigenvalue weighted by Crippen LogP contribution is -2.14. The maximum absolute atomic E-state index is 12.0. The molecule has 0 saturated heterocycles. The topological polar surface area (TPSA) is 70.7 Å². The molecule has 19 heavy (non-hydrogen) atoms. The number of anilines is 1. The lowest BCUT2D eigenvalue weighted by molar-refractivity contribution is 0.101. The molecule has 0 spiro atoms. The van der Waals surface area contributed by atoms with Gasteiger partial charge in [-0.15, -0.1) is 5.10 Å². The molecule has 2 N–H and O–H groups in total. The maximum atomic E-state index is 12.0. The van der Waals surface area contributed by atoms with Crippen LogP contribution in [0.4, 0.5) is 5.69 Å². The molecule has 0 radical (unpaired) electrons. The molecule has 1 aliphatic carbocycles. The predicted molar refractivity (Wildman–Crippen MR) is 75.5 cm³/mol. The molecule has 1 aromatic heterocycles. The maximum Gasteiger partial charge on any atom is 0.295 e. The fraction of sp³-hybridized carbons (Fsp3) is 0.250.